The average molecular weight is 602 g/mol. The Kier molecular flexibility index (Phi) is 7.95. The predicted molar refractivity (Wildman–Crippen MR) is 147 cm³/mol. The van der Waals surface area contributed by atoms with Gasteiger partial charge in [-0.25, -0.2) is 27.5 Å². The van der Waals surface area contributed by atoms with Crippen molar-refractivity contribution in [2.24, 2.45) is 0 Å². The topological polar surface area (TPSA) is 106 Å². The molecule has 1 aromatic carbocycles. The van der Waals surface area contributed by atoms with Gasteiger partial charge in [0.05, 0.1) is 40.5 Å². The lowest BCUT2D eigenvalue weighted by atomic mass is 10.0. The number of aryl methyl sites for hydroxylation is 1. The van der Waals surface area contributed by atoms with Gasteiger partial charge in [-0.3, -0.25) is 24.2 Å². The fraction of sp³-hybridized carbons (Fsp3) is 0.286. The minimum atomic E-state index is -3.02. The third kappa shape index (κ3) is 5.31. The van der Waals surface area contributed by atoms with E-state index in [1.165, 1.54) is 35.1 Å². The van der Waals surface area contributed by atoms with E-state index in [1.54, 1.807) is 13.8 Å². The van der Waals surface area contributed by atoms with E-state index >= 15 is 4.39 Å². The number of hydrogen-bond acceptors (Lipinski definition) is 6. The molecule has 1 atom stereocenters. The van der Waals surface area contributed by atoms with E-state index in [2.05, 4.69) is 25.4 Å². The van der Waals surface area contributed by atoms with Gasteiger partial charge in [0.2, 0.25) is 5.91 Å². The van der Waals surface area contributed by atoms with Gasteiger partial charge in [0.25, 0.3) is 12.3 Å². The highest BCUT2D eigenvalue weighted by Gasteiger charge is 2.28. The molecule has 5 rings (SSSR count). The van der Waals surface area contributed by atoms with E-state index in [4.69, 9.17) is 11.6 Å². The second-order valence-electron chi connectivity index (χ2n) is 9.78. The lowest BCUT2D eigenvalue weighted by Gasteiger charge is -2.20. The molecule has 9 nitrogen and oxygen atoms in total. The van der Waals surface area contributed by atoms with Gasteiger partial charge in [-0.1, -0.05) is 17.7 Å². The molecule has 1 unspecified atom stereocenters. The summed E-state index contributed by atoms with van der Waals surface area (Å²) in [5.74, 6) is -2.60. The Labute approximate surface area is 242 Å². The molecule has 218 valence electrons. The first-order valence-electron chi connectivity index (χ1n) is 12.9. The number of rotatable bonds is 7. The number of nitrogens with zero attached hydrogens (tertiary/aromatic N) is 6. The standard InChI is InChI=1S/C28H24ClF4N7O2/c1-13-18(10-35-27(23(13)30)39-8-4-5-21(39)41)15(3)40-12-16(9-36-40)37-28(42)25-14(2)34-11-20(38-25)22-17(26(32)33)6-7-19(29)24(22)31/h6-7,9-12,15,26H,4-5,8H2,1-3H3,(H,37,42). The van der Waals surface area contributed by atoms with Crippen LogP contribution in [0.3, 0.4) is 0 Å². The molecule has 3 aromatic heterocycles. The van der Waals surface area contributed by atoms with E-state index in [9.17, 15) is 22.8 Å². The Balaban J connectivity index is 1.38. The molecule has 1 fully saturated rings. The highest BCUT2D eigenvalue weighted by atomic mass is 35.5. The van der Waals surface area contributed by atoms with Crippen molar-refractivity contribution in [3.8, 4) is 11.3 Å². The summed E-state index contributed by atoms with van der Waals surface area (Å²) in [5.41, 5.74) is -0.423. The second kappa shape index (κ2) is 11.5. The third-order valence-electron chi connectivity index (χ3n) is 7.11. The summed E-state index contributed by atoms with van der Waals surface area (Å²) in [6.45, 7) is 5.26. The Morgan fingerprint density at radius 1 is 1.07 bits per heavy atom. The zero-order valence-corrected chi connectivity index (χ0v) is 23.4. The molecule has 1 saturated heterocycles. The van der Waals surface area contributed by atoms with Crippen molar-refractivity contribution in [3.05, 3.63) is 81.7 Å². The average Bonchev–Trinajstić information content (AvgIpc) is 3.60. The smallest absolute Gasteiger partial charge is 0.276 e. The Hall–Kier alpha value is -4.39. The van der Waals surface area contributed by atoms with Crippen molar-refractivity contribution in [3.63, 3.8) is 0 Å². The number of alkyl halides is 2. The molecule has 0 aliphatic carbocycles. The molecular formula is C28H24ClF4N7O2. The number of anilines is 2. The lowest BCUT2D eigenvalue weighted by Crippen LogP contribution is -2.26. The van der Waals surface area contributed by atoms with Crippen LogP contribution in [0.1, 0.15) is 65.1 Å². The number of carbonyl (C=O) groups is 2. The number of nitrogens with one attached hydrogen (secondary N) is 1. The first kappa shape index (κ1) is 29.1. The molecule has 1 N–H and O–H groups in total. The molecule has 0 saturated carbocycles. The number of carbonyl (C=O) groups excluding carboxylic acids is 2. The maximum Gasteiger partial charge on any atom is 0.276 e. The van der Waals surface area contributed by atoms with Gasteiger partial charge < -0.3 is 5.32 Å². The normalized spacial score (nSPS) is 14.1. The van der Waals surface area contributed by atoms with Crippen molar-refractivity contribution in [2.75, 3.05) is 16.8 Å². The summed E-state index contributed by atoms with van der Waals surface area (Å²) in [7, 11) is 0. The molecule has 14 heteroatoms. The lowest BCUT2D eigenvalue weighted by molar-refractivity contribution is -0.117. The molecule has 42 heavy (non-hydrogen) atoms. The zero-order chi connectivity index (χ0) is 30.3. The number of aromatic nitrogens is 5. The van der Waals surface area contributed by atoms with Crippen molar-refractivity contribution in [1.82, 2.24) is 24.7 Å². The van der Waals surface area contributed by atoms with Crippen LogP contribution in [0.2, 0.25) is 5.02 Å². The SMILES string of the molecule is Cc1ncc(-c2c(C(F)F)ccc(Cl)c2F)nc1C(=O)Nc1cnn(C(C)c2cnc(N3CCCC3=O)c(F)c2C)c1. The van der Waals surface area contributed by atoms with Crippen LogP contribution in [0.25, 0.3) is 11.3 Å². The Morgan fingerprint density at radius 2 is 1.83 bits per heavy atom. The molecular weight excluding hydrogens is 578 g/mol. The van der Waals surface area contributed by atoms with Crippen LogP contribution in [0.4, 0.5) is 29.1 Å². The first-order valence-corrected chi connectivity index (χ1v) is 13.3. The monoisotopic (exact) mass is 601 g/mol. The maximum absolute atomic E-state index is 15.2. The van der Waals surface area contributed by atoms with Gasteiger partial charge in [0.15, 0.2) is 17.5 Å². The van der Waals surface area contributed by atoms with Crippen molar-refractivity contribution in [1.29, 1.82) is 0 Å². The quantitative estimate of drug-likeness (QED) is 0.253. The second-order valence-corrected chi connectivity index (χ2v) is 10.2. The van der Waals surface area contributed by atoms with Crippen molar-refractivity contribution in [2.45, 2.75) is 46.1 Å². The molecule has 4 heterocycles. The summed E-state index contributed by atoms with van der Waals surface area (Å²) in [5, 5.41) is 6.50. The molecule has 0 bridgehead atoms. The molecule has 2 amide bonds. The van der Waals surface area contributed by atoms with Gasteiger partial charge in [-0.15, -0.1) is 0 Å². The summed E-state index contributed by atoms with van der Waals surface area (Å²) in [6.07, 6.45) is 3.43. The predicted octanol–water partition coefficient (Wildman–Crippen LogP) is 6.21. The number of halogens is 5. The molecule has 0 radical (unpaired) electrons. The number of pyridine rings is 1. The first-order chi connectivity index (χ1) is 20.0. The van der Waals surface area contributed by atoms with Crippen LogP contribution in [0.15, 0.2) is 36.9 Å². The minimum absolute atomic E-state index is 0.00333. The third-order valence-corrected chi connectivity index (χ3v) is 7.40. The molecule has 1 aliphatic heterocycles. The van der Waals surface area contributed by atoms with Gasteiger partial charge in [-0.05, 0) is 38.8 Å². The van der Waals surface area contributed by atoms with Crippen molar-refractivity contribution >= 4 is 34.9 Å². The van der Waals surface area contributed by atoms with Crippen LogP contribution in [0, 0.1) is 25.5 Å². The summed E-state index contributed by atoms with van der Waals surface area (Å²) >= 11 is 5.82. The van der Waals surface area contributed by atoms with Crippen molar-refractivity contribution < 1.29 is 27.2 Å². The minimum Gasteiger partial charge on any atom is -0.318 e. The van der Waals surface area contributed by atoms with Crippen LogP contribution >= 0.6 is 11.6 Å². The van der Waals surface area contributed by atoms with E-state index in [0.29, 0.717) is 30.5 Å². The van der Waals surface area contributed by atoms with Crippen LogP contribution in [-0.2, 0) is 4.79 Å². The van der Waals surface area contributed by atoms with Crippen LogP contribution in [-0.4, -0.2) is 43.1 Å². The molecule has 4 aromatic rings. The maximum atomic E-state index is 15.2. The van der Waals surface area contributed by atoms with E-state index in [-0.39, 0.29) is 39.5 Å². The molecule has 0 spiro atoms. The zero-order valence-electron chi connectivity index (χ0n) is 22.6. The Bertz CT molecular complexity index is 1710. The number of hydrogen-bond donors (Lipinski definition) is 1. The summed E-state index contributed by atoms with van der Waals surface area (Å²) < 4.78 is 58.7. The van der Waals surface area contributed by atoms with Crippen LogP contribution in [0.5, 0.6) is 0 Å². The van der Waals surface area contributed by atoms with E-state index in [1.807, 2.05) is 0 Å². The number of benzene rings is 1. The fourth-order valence-electron chi connectivity index (χ4n) is 4.80. The summed E-state index contributed by atoms with van der Waals surface area (Å²) in [4.78, 5) is 38.9. The fourth-order valence-corrected chi connectivity index (χ4v) is 4.96. The number of amides is 2. The van der Waals surface area contributed by atoms with E-state index < -0.39 is 41.1 Å². The Morgan fingerprint density at radius 3 is 2.52 bits per heavy atom. The highest BCUT2D eigenvalue weighted by molar-refractivity contribution is 6.31. The van der Waals surface area contributed by atoms with Gasteiger partial charge in [-0.2, -0.15) is 5.10 Å². The van der Waals surface area contributed by atoms with Crippen LogP contribution < -0.4 is 10.2 Å². The van der Waals surface area contributed by atoms with Gasteiger partial charge in [0, 0.05) is 42.0 Å². The summed E-state index contributed by atoms with van der Waals surface area (Å²) in [6, 6.07) is 1.51. The van der Waals surface area contributed by atoms with Gasteiger partial charge in [0.1, 0.15) is 5.69 Å². The molecule has 1 aliphatic rings. The van der Waals surface area contributed by atoms with Gasteiger partial charge >= 0.3 is 0 Å². The highest BCUT2D eigenvalue weighted by Crippen LogP contribution is 2.36. The van der Waals surface area contributed by atoms with E-state index in [0.717, 1.165) is 18.3 Å². The largest absolute Gasteiger partial charge is 0.318 e.